The van der Waals surface area contributed by atoms with Crippen LogP contribution in [0.4, 0.5) is 0 Å². The van der Waals surface area contributed by atoms with E-state index in [1.807, 2.05) is 22.9 Å². The smallest absolute Gasteiger partial charge is 0.547 e. The van der Waals surface area contributed by atoms with Gasteiger partial charge in [0.25, 0.3) is 0 Å². The Bertz CT molecular complexity index is 758. The maximum atomic E-state index is 11.6. The Kier molecular flexibility index (Phi) is 7.46. The third-order valence-corrected chi connectivity index (χ3v) is 5.88. The number of ether oxygens (including phenoxy) is 1. The van der Waals surface area contributed by atoms with Gasteiger partial charge in [-0.15, -0.1) is 22.7 Å². The predicted molar refractivity (Wildman–Crippen MR) is 90.7 cm³/mol. The number of hydrogen-bond donors (Lipinski definition) is 3. The fourth-order valence-electron chi connectivity index (χ4n) is 2.84. The first-order chi connectivity index (χ1) is 11.9. The summed E-state index contributed by atoms with van der Waals surface area (Å²) in [5.41, 5.74) is -2.38. The van der Waals surface area contributed by atoms with Gasteiger partial charge in [0.1, 0.15) is 24.1 Å². The summed E-state index contributed by atoms with van der Waals surface area (Å²) in [5.74, 6) is -1.82. The van der Waals surface area contributed by atoms with Gasteiger partial charge in [-0.05, 0) is 22.9 Å². The van der Waals surface area contributed by atoms with E-state index >= 15 is 0 Å². The Labute approximate surface area is 180 Å². The molecule has 26 heavy (non-hydrogen) atoms. The van der Waals surface area contributed by atoms with Gasteiger partial charge in [0, 0.05) is 28.2 Å². The molecule has 6 nitrogen and oxygen atoms in total. The average molecular weight is 404 g/mol. The first kappa shape index (κ1) is 21.6. The average Bonchev–Trinajstić information content (AvgIpc) is 3.25. The van der Waals surface area contributed by atoms with E-state index in [1.54, 1.807) is 12.1 Å². The van der Waals surface area contributed by atoms with Crippen LogP contribution in [0.5, 0.6) is 0 Å². The van der Waals surface area contributed by atoms with Crippen molar-refractivity contribution >= 4 is 28.6 Å². The molecule has 0 aromatic carbocycles. The summed E-state index contributed by atoms with van der Waals surface area (Å²) in [7, 11) is 0. The van der Waals surface area contributed by atoms with Crippen LogP contribution in [0.3, 0.4) is 0 Å². The van der Waals surface area contributed by atoms with Crippen LogP contribution in [0, 0.1) is 0 Å². The Morgan fingerprint density at radius 3 is 2.38 bits per heavy atom. The molecule has 0 aliphatic heterocycles. The number of rotatable bonds is 6. The quantitative estimate of drug-likeness (QED) is 0.457. The second kappa shape index (κ2) is 8.99. The summed E-state index contributed by atoms with van der Waals surface area (Å²) in [6.45, 7) is 0.105. The molecule has 0 fully saturated rings. The van der Waals surface area contributed by atoms with Crippen LogP contribution in [-0.2, 0) is 22.6 Å². The van der Waals surface area contributed by atoms with E-state index in [-0.39, 0.29) is 53.9 Å². The molecule has 9 heteroatoms. The third-order valence-electron chi connectivity index (χ3n) is 4.15. The fourth-order valence-corrected chi connectivity index (χ4v) is 4.17. The zero-order valence-electron chi connectivity index (χ0n) is 14.1. The molecule has 0 amide bonds. The number of carboxylic acid groups (broad SMARTS) is 1. The molecule has 2 heterocycles. The number of aliphatic carboxylic acids is 1. The van der Waals surface area contributed by atoms with Gasteiger partial charge in [0.15, 0.2) is 0 Å². The third kappa shape index (κ3) is 4.40. The summed E-state index contributed by atoms with van der Waals surface area (Å²) < 4.78 is 5.65. The van der Waals surface area contributed by atoms with Gasteiger partial charge in [-0.25, -0.2) is 0 Å². The first-order valence-corrected chi connectivity index (χ1v) is 9.39. The molecule has 3 rings (SSSR count). The van der Waals surface area contributed by atoms with E-state index < -0.39 is 30.2 Å². The molecule has 1 aliphatic carbocycles. The van der Waals surface area contributed by atoms with Crippen LogP contribution in [0.25, 0.3) is 0 Å². The van der Waals surface area contributed by atoms with E-state index in [1.165, 1.54) is 22.7 Å². The van der Waals surface area contributed by atoms with Gasteiger partial charge in [-0.3, -0.25) is 0 Å². The molecule has 0 unspecified atom stereocenters. The van der Waals surface area contributed by atoms with Crippen LogP contribution in [0.1, 0.15) is 16.2 Å². The molecule has 2 aromatic heterocycles. The molecule has 0 spiro atoms. The van der Waals surface area contributed by atoms with Crippen LogP contribution < -0.4 is 34.7 Å². The second-order valence-corrected chi connectivity index (χ2v) is 7.90. The van der Waals surface area contributed by atoms with Gasteiger partial charge in [0.2, 0.25) is 0 Å². The maximum absolute atomic E-state index is 11.6. The zero-order chi connectivity index (χ0) is 18.0. The monoisotopic (exact) mass is 404 g/mol. The number of thiophene rings is 2. The van der Waals surface area contributed by atoms with Gasteiger partial charge >= 0.3 is 29.6 Å². The Morgan fingerprint density at radius 2 is 1.85 bits per heavy atom. The number of hydrogen-bond acceptors (Lipinski definition) is 8. The fraction of sp³-hybridized carbons (Fsp3) is 0.353. The van der Waals surface area contributed by atoms with Gasteiger partial charge in [-0.1, -0.05) is 12.1 Å². The number of aliphatic hydroxyl groups is 3. The molecule has 0 saturated heterocycles. The normalized spacial score (nSPS) is 25.7. The maximum Gasteiger partial charge on any atom is 1.00 e. The molecule has 134 valence electrons. The molecular weight excluding hydrogens is 387 g/mol. The van der Waals surface area contributed by atoms with Crippen molar-refractivity contribution < 1.29 is 59.5 Å². The summed E-state index contributed by atoms with van der Waals surface area (Å²) in [6.07, 6.45) is -3.34. The van der Waals surface area contributed by atoms with Crippen molar-refractivity contribution in [2.45, 2.75) is 37.3 Å². The van der Waals surface area contributed by atoms with Crippen molar-refractivity contribution in [3.05, 3.63) is 56.1 Å². The Balaban J connectivity index is 0.00000243. The van der Waals surface area contributed by atoms with Crippen molar-refractivity contribution in [2.75, 3.05) is 0 Å². The van der Waals surface area contributed by atoms with Crippen LogP contribution in [0.2, 0.25) is 0 Å². The summed E-state index contributed by atoms with van der Waals surface area (Å²) in [6, 6.07) is 7.27. The Morgan fingerprint density at radius 1 is 1.23 bits per heavy atom. The van der Waals surface area contributed by atoms with Crippen LogP contribution >= 0.6 is 22.7 Å². The van der Waals surface area contributed by atoms with Gasteiger partial charge in [0.05, 0.1) is 12.1 Å². The van der Waals surface area contributed by atoms with Gasteiger partial charge < -0.3 is 30.0 Å². The Hall–Kier alpha value is -0.710. The van der Waals surface area contributed by atoms with Crippen molar-refractivity contribution in [3.8, 4) is 0 Å². The van der Waals surface area contributed by atoms with Crippen molar-refractivity contribution in [3.63, 3.8) is 0 Å². The van der Waals surface area contributed by atoms with E-state index in [9.17, 15) is 25.2 Å². The minimum Gasteiger partial charge on any atom is -0.547 e. The predicted octanol–water partition coefficient (Wildman–Crippen LogP) is -2.57. The van der Waals surface area contributed by atoms with E-state index in [2.05, 4.69) is 0 Å². The van der Waals surface area contributed by atoms with Crippen molar-refractivity contribution in [1.82, 2.24) is 0 Å². The molecule has 1 aliphatic rings. The van der Waals surface area contributed by atoms with E-state index in [0.717, 1.165) is 9.75 Å². The SMILES string of the molecule is O=C([O-])[C@@]1(O)C[C@@H](O)[C@H](O)C(OCc2cccs2)=C1Cc1cccs1.[Na+]. The van der Waals surface area contributed by atoms with Gasteiger partial charge in [-0.2, -0.15) is 0 Å². The van der Waals surface area contributed by atoms with Crippen molar-refractivity contribution in [1.29, 1.82) is 0 Å². The standard InChI is InChI=1S/C17H18O6S2.Na/c18-13-8-17(22,16(20)21)12(7-10-3-1-5-24-10)15(14(13)19)23-9-11-4-2-6-25-11;/h1-6,13-14,18-19,22H,7-9H2,(H,20,21);/q;+1/p-1/t13-,14+,17-;/m1./s1. The number of carbonyl (C=O) groups is 1. The number of carbonyl (C=O) groups excluding carboxylic acids is 1. The molecule has 2 aromatic rings. The number of aliphatic hydroxyl groups excluding tert-OH is 2. The molecule has 0 saturated carbocycles. The second-order valence-electron chi connectivity index (χ2n) is 5.83. The summed E-state index contributed by atoms with van der Waals surface area (Å²) >= 11 is 2.84. The van der Waals surface area contributed by atoms with Crippen LogP contribution in [0.15, 0.2) is 46.4 Å². The molecular formula is C17H17NaO6S2. The van der Waals surface area contributed by atoms with E-state index in [0.29, 0.717) is 0 Å². The summed E-state index contributed by atoms with van der Waals surface area (Å²) in [4.78, 5) is 13.3. The summed E-state index contributed by atoms with van der Waals surface area (Å²) in [5, 5.41) is 46.3. The van der Waals surface area contributed by atoms with Crippen LogP contribution in [-0.4, -0.2) is 39.1 Å². The molecule has 0 bridgehead atoms. The molecule has 0 radical (unpaired) electrons. The molecule has 3 atom stereocenters. The minimum absolute atomic E-state index is 0. The zero-order valence-corrected chi connectivity index (χ0v) is 17.8. The first-order valence-electron chi connectivity index (χ1n) is 7.63. The topological polar surface area (TPSA) is 110 Å². The number of carboxylic acids is 1. The van der Waals surface area contributed by atoms with Crippen molar-refractivity contribution in [2.24, 2.45) is 0 Å². The molecule has 3 N–H and O–H groups in total. The largest absolute Gasteiger partial charge is 1.00 e. The van der Waals surface area contributed by atoms with E-state index in [4.69, 9.17) is 4.74 Å². The minimum atomic E-state index is -2.40.